The summed E-state index contributed by atoms with van der Waals surface area (Å²) >= 11 is 0. The number of hydrogen-bond acceptors (Lipinski definition) is 4. The highest BCUT2D eigenvalue weighted by molar-refractivity contribution is 5.92. The van der Waals surface area contributed by atoms with Crippen molar-refractivity contribution in [2.24, 2.45) is 0 Å². The van der Waals surface area contributed by atoms with Crippen molar-refractivity contribution in [1.29, 1.82) is 0 Å². The van der Waals surface area contributed by atoms with E-state index in [2.05, 4.69) is 15.5 Å². The third-order valence-corrected chi connectivity index (χ3v) is 2.59. The summed E-state index contributed by atoms with van der Waals surface area (Å²) in [6.45, 7) is 2.61. The van der Waals surface area contributed by atoms with Crippen molar-refractivity contribution < 1.29 is 9.53 Å². The number of H-pyrrole nitrogens is 1. The molecule has 1 amide bonds. The highest BCUT2D eigenvalue weighted by Crippen LogP contribution is 2.08. The number of likely N-dealkylation sites (N-methyl/N-ethyl adjacent to an activating group) is 1. The van der Waals surface area contributed by atoms with Crippen LogP contribution in [0.4, 0.5) is 0 Å². The molecule has 1 unspecified atom stereocenters. The number of carbonyl (C=O) groups excluding carboxylic acids is 1. The summed E-state index contributed by atoms with van der Waals surface area (Å²) in [6, 6.07) is 1.69. The molecule has 0 bridgehead atoms. The van der Waals surface area contributed by atoms with E-state index >= 15 is 0 Å². The smallest absolute Gasteiger partial charge is 0.272 e. The Morgan fingerprint density at radius 1 is 1.81 bits per heavy atom. The van der Waals surface area contributed by atoms with E-state index in [1.54, 1.807) is 17.2 Å². The van der Waals surface area contributed by atoms with Crippen molar-refractivity contribution in [3.05, 3.63) is 18.0 Å². The molecule has 88 valence electrons. The van der Waals surface area contributed by atoms with E-state index in [1.165, 1.54) is 0 Å². The minimum atomic E-state index is -0.0121. The fourth-order valence-electron chi connectivity index (χ4n) is 1.80. The molecule has 1 atom stereocenters. The van der Waals surface area contributed by atoms with Crippen LogP contribution >= 0.6 is 0 Å². The van der Waals surface area contributed by atoms with Crippen LogP contribution in [0.2, 0.25) is 0 Å². The maximum Gasteiger partial charge on any atom is 0.272 e. The zero-order chi connectivity index (χ0) is 11.4. The lowest BCUT2D eigenvalue weighted by Crippen LogP contribution is -2.48. The number of aromatic nitrogens is 2. The summed E-state index contributed by atoms with van der Waals surface area (Å²) in [5, 5.41) is 9.51. The van der Waals surface area contributed by atoms with Crippen LogP contribution in [0.25, 0.3) is 0 Å². The van der Waals surface area contributed by atoms with Crippen molar-refractivity contribution in [3.8, 4) is 0 Å². The van der Waals surface area contributed by atoms with Crippen molar-refractivity contribution in [1.82, 2.24) is 20.4 Å². The van der Waals surface area contributed by atoms with Gasteiger partial charge in [-0.3, -0.25) is 9.89 Å². The molecule has 2 heterocycles. The van der Waals surface area contributed by atoms with Gasteiger partial charge in [0.2, 0.25) is 0 Å². The van der Waals surface area contributed by atoms with Crippen LogP contribution in [0.3, 0.4) is 0 Å². The van der Waals surface area contributed by atoms with E-state index in [0.717, 1.165) is 6.54 Å². The van der Waals surface area contributed by atoms with E-state index in [1.807, 2.05) is 7.05 Å². The maximum atomic E-state index is 12.0. The van der Waals surface area contributed by atoms with Gasteiger partial charge in [0.25, 0.3) is 5.91 Å². The van der Waals surface area contributed by atoms with Crippen LogP contribution in [0, 0.1) is 0 Å². The molecule has 0 aromatic carbocycles. The van der Waals surface area contributed by atoms with E-state index in [0.29, 0.717) is 25.4 Å². The molecule has 1 aromatic heterocycles. The zero-order valence-electron chi connectivity index (χ0n) is 9.27. The third kappa shape index (κ3) is 2.40. The van der Waals surface area contributed by atoms with Gasteiger partial charge >= 0.3 is 0 Å². The van der Waals surface area contributed by atoms with Crippen LogP contribution in [-0.2, 0) is 4.74 Å². The first-order valence-corrected chi connectivity index (χ1v) is 5.36. The van der Waals surface area contributed by atoms with Gasteiger partial charge in [0.1, 0.15) is 5.69 Å². The fourth-order valence-corrected chi connectivity index (χ4v) is 1.80. The lowest BCUT2D eigenvalue weighted by molar-refractivity contribution is -0.0198. The number of carbonyl (C=O) groups is 1. The number of ether oxygens (including phenoxy) is 1. The topological polar surface area (TPSA) is 70.2 Å². The van der Waals surface area contributed by atoms with Gasteiger partial charge < -0.3 is 15.0 Å². The molecule has 1 aliphatic rings. The molecule has 0 aliphatic carbocycles. The molecule has 6 heteroatoms. The Bertz CT molecular complexity index is 337. The number of nitrogens with zero attached hydrogens (tertiary/aromatic N) is 2. The highest BCUT2D eigenvalue weighted by atomic mass is 16.5. The van der Waals surface area contributed by atoms with Gasteiger partial charge in [-0.15, -0.1) is 0 Å². The SMILES string of the molecule is CNCC1CN(C(=O)c2ccn[nH]2)CCO1. The second kappa shape index (κ2) is 5.09. The highest BCUT2D eigenvalue weighted by Gasteiger charge is 2.24. The lowest BCUT2D eigenvalue weighted by atomic mass is 10.2. The quantitative estimate of drug-likeness (QED) is 0.724. The minimum Gasteiger partial charge on any atom is -0.373 e. The van der Waals surface area contributed by atoms with Gasteiger partial charge in [0.05, 0.1) is 12.7 Å². The number of aromatic amines is 1. The molecule has 1 aliphatic heterocycles. The van der Waals surface area contributed by atoms with Gasteiger partial charge in [0.15, 0.2) is 0 Å². The molecular formula is C10H16N4O2. The first-order valence-electron chi connectivity index (χ1n) is 5.36. The van der Waals surface area contributed by atoms with Gasteiger partial charge in [-0.1, -0.05) is 0 Å². The average Bonchev–Trinajstić information content (AvgIpc) is 2.82. The van der Waals surface area contributed by atoms with Crippen LogP contribution in [0.5, 0.6) is 0 Å². The number of morpholine rings is 1. The fraction of sp³-hybridized carbons (Fsp3) is 0.600. The summed E-state index contributed by atoms with van der Waals surface area (Å²) in [7, 11) is 1.87. The van der Waals surface area contributed by atoms with Gasteiger partial charge in [-0.25, -0.2) is 0 Å². The second-order valence-electron chi connectivity index (χ2n) is 3.77. The molecule has 0 spiro atoms. The second-order valence-corrected chi connectivity index (χ2v) is 3.77. The average molecular weight is 224 g/mol. The summed E-state index contributed by atoms with van der Waals surface area (Å²) < 4.78 is 5.53. The Morgan fingerprint density at radius 2 is 2.69 bits per heavy atom. The summed E-state index contributed by atoms with van der Waals surface area (Å²) in [5.74, 6) is -0.0121. The van der Waals surface area contributed by atoms with Crippen molar-refractivity contribution in [2.45, 2.75) is 6.10 Å². The van der Waals surface area contributed by atoms with Crippen molar-refractivity contribution in [3.63, 3.8) is 0 Å². The molecule has 1 fully saturated rings. The molecule has 16 heavy (non-hydrogen) atoms. The number of hydrogen-bond donors (Lipinski definition) is 2. The molecule has 1 aromatic rings. The first kappa shape index (κ1) is 11.1. The Hall–Kier alpha value is -1.40. The lowest BCUT2D eigenvalue weighted by Gasteiger charge is -2.32. The van der Waals surface area contributed by atoms with Crippen molar-refractivity contribution >= 4 is 5.91 Å². The number of rotatable bonds is 3. The maximum absolute atomic E-state index is 12.0. The van der Waals surface area contributed by atoms with Crippen LogP contribution in [0.1, 0.15) is 10.5 Å². The van der Waals surface area contributed by atoms with Gasteiger partial charge in [-0.2, -0.15) is 5.10 Å². The molecular weight excluding hydrogens is 208 g/mol. The Morgan fingerprint density at radius 3 is 3.38 bits per heavy atom. The molecule has 0 radical (unpaired) electrons. The van der Waals surface area contributed by atoms with Crippen LogP contribution in [-0.4, -0.2) is 60.4 Å². The van der Waals surface area contributed by atoms with Gasteiger partial charge in [-0.05, 0) is 13.1 Å². The monoisotopic (exact) mass is 224 g/mol. The minimum absolute atomic E-state index is 0.0121. The molecule has 1 saturated heterocycles. The van der Waals surface area contributed by atoms with E-state index < -0.39 is 0 Å². The number of nitrogens with one attached hydrogen (secondary N) is 2. The molecule has 2 rings (SSSR count). The third-order valence-electron chi connectivity index (χ3n) is 2.59. The predicted octanol–water partition coefficient (Wildman–Crippen LogP) is -0.530. The van der Waals surface area contributed by atoms with Gasteiger partial charge in [0, 0.05) is 25.8 Å². The summed E-state index contributed by atoms with van der Waals surface area (Å²) in [4.78, 5) is 13.8. The Balaban J connectivity index is 1.96. The Kier molecular flexibility index (Phi) is 3.53. The summed E-state index contributed by atoms with van der Waals surface area (Å²) in [6.07, 6.45) is 1.66. The van der Waals surface area contributed by atoms with Crippen molar-refractivity contribution in [2.75, 3.05) is 33.3 Å². The van der Waals surface area contributed by atoms with Crippen LogP contribution < -0.4 is 5.32 Å². The first-order chi connectivity index (χ1) is 7.81. The van der Waals surface area contributed by atoms with E-state index in [4.69, 9.17) is 4.74 Å². The number of amides is 1. The van der Waals surface area contributed by atoms with E-state index in [9.17, 15) is 4.79 Å². The standard InChI is InChI=1S/C10H16N4O2/c1-11-6-8-7-14(4-5-16-8)10(15)9-2-3-12-13-9/h2-3,8,11H,4-7H2,1H3,(H,12,13). The Labute approximate surface area is 94.0 Å². The predicted molar refractivity (Wildman–Crippen MR) is 58.2 cm³/mol. The zero-order valence-corrected chi connectivity index (χ0v) is 9.27. The normalized spacial score (nSPS) is 21.1. The summed E-state index contributed by atoms with van der Waals surface area (Å²) in [5.41, 5.74) is 0.533. The van der Waals surface area contributed by atoms with Crippen LogP contribution in [0.15, 0.2) is 12.3 Å². The largest absolute Gasteiger partial charge is 0.373 e. The molecule has 0 saturated carbocycles. The molecule has 6 nitrogen and oxygen atoms in total. The molecule has 2 N–H and O–H groups in total. The van der Waals surface area contributed by atoms with E-state index in [-0.39, 0.29) is 12.0 Å².